The molecule has 0 radical (unpaired) electrons. The molecule has 2 saturated heterocycles. The van der Waals surface area contributed by atoms with Crippen LogP contribution in [0.5, 0.6) is 0 Å². The molecule has 0 aliphatic carbocycles. The number of hydrogen-bond donors (Lipinski definition) is 1. The van der Waals surface area contributed by atoms with E-state index in [-0.39, 0.29) is 24.1 Å². The van der Waals surface area contributed by atoms with E-state index in [1.807, 2.05) is 18.7 Å². The molecule has 1 N–H and O–H groups in total. The molecule has 2 fully saturated rings. The van der Waals surface area contributed by atoms with Crippen molar-refractivity contribution in [2.24, 2.45) is 0 Å². The maximum Gasteiger partial charge on any atom is 0.237 e. The molecular formula is C23H29FN6O2. The summed E-state index contributed by atoms with van der Waals surface area (Å²) < 4.78 is 14.1. The average molecular weight is 441 g/mol. The molecule has 0 bridgehead atoms. The molecule has 2 amide bonds. The zero-order valence-corrected chi connectivity index (χ0v) is 18.6. The van der Waals surface area contributed by atoms with E-state index in [1.54, 1.807) is 29.3 Å². The first-order valence-electron chi connectivity index (χ1n) is 11.0. The first-order chi connectivity index (χ1) is 15.4. The smallest absolute Gasteiger partial charge is 0.237 e. The van der Waals surface area contributed by atoms with E-state index in [4.69, 9.17) is 0 Å². The van der Waals surface area contributed by atoms with E-state index in [2.05, 4.69) is 20.2 Å². The quantitative estimate of drug-likeness (QED) is 0.754. The van der Waals surface area contributed by atoms with Crippen LogP contribution in [0.1, 0.15) is 23.4 Å². The minimum absolute atomic E-state index is 0.0581. The van der Waals surface area contributed by atoms with Crippen molar-refractivity contribution in [3.8, 4) is 0 Å². The third kappa shape index (κ3) is 4.88. The van der Waals surface area contributed by atoms with E-state index < -0.39 is 6.04 Å². The van der Waals surface area contributed by atoms with Gasteiger partial charge in [0.05, 0.1) is 23.9 Å². The lowest BCUT2D eigenvalue weighted by Crippen LogP contribution is -2.57. The third-order valence-electron chi connectivity index (χ3n) is 6.12. The van der Waals surface area contributed by atoms with Crippen LogP contribution in [-0.4, -0.2) is 76.9 Å². The van der Waals surface area contributed by atoms with Crippen LogP contribution < -0.4 is 10.2 Å². The van der Waals surface area contributed by atoms with Gasteiger partial charge in [0.1, 0.15) is 11.6 Å². The second kappa shape index (κ2) is 9.60. The summed E-state index contributed by atoms with van der Waals surface area (Å²) in [5, 5.41) is 2.84. The fraction of sp³-hybridized carbons (Fsp3) is 0.478. The highest BCUT2D eigenvalue weighted by Gasteiger charge is 2.34. The number of benzene rings is 1. The monoisotopic (exact) mass is 440 g/mol. The molecule has 2 aliphatic heterocycles. The average Bonchev–Trinajstić information content (AvgIpc) is 2.79. The Kier molecular flexibility index (Phi) is 6.64. The zero-order chi connectivity index (χ0) is 22.7. The largest absolute Gasteiger partial charge is 0.353 e. The second-order valence-electron chi connectivity index (χ2n) is 8.36. The van der Waals surface area contributed by atoms with Crippen molar-refractivity contribution < 1.29 is 14.0 Å². The number of aromatic nitrogens is 2. The Bertz CT molecular complexity index is 992. The van der Waals surface area contributed by atoms with Gasteiger partial charge in [0, 0.05) is 57.6 Å². The van der Waals surface area contributed by atoms with Crippen LogP contribution in [0.15, 0.2) is 30.5 Å². The first kappa shape index (κ1) is 22.1. The standard InChI is InChI=1S/C23H29FN6O2/c1-16-14-26-17(2)22(27-16)29-11-9-28(10-12-29)21(31)13-20-23(32)25-7-8-30(20)15-18-5-3-4-6-19(18)24/h3-6,14,20H,7-13,15H2,1-2H3,(H,25,32)/t20-/m0/s1. The Balaban J connectivity index is 1.38. The number of halogens is 1. The van der Waals surface area contributed by atoms with Crippen molar-refractivity contribution in [3.63, 3.8) is 0 Å². The summed E-state index contributed by atoms with van der Waals surface area (Å²) in [5.41, 5.74) is 2.27. The van der Waals surface area contributed by atoms with Gasteiger partial charge in [0.2, 0.25) is 11.8 Å². The number of anilines is 1. The van der Waals surface area contributed by atoms with E-state index in [0.29, 0.717) is 51.4 Å². The van der Waals surface area contributed by atoms with Gasteiger partial charge in [-0.05, 0) is 19.9 Å². The molecule has 3 heterocycles. The molecule has 9 heteroatoms. The lowest BCUT2D eigenvalue weighted by Gasteiger charge is -2.38. The van der Waals surface area contributed by atoms with Gasteiger partial charge in [-0.1, -0.05) is 18.2 Å². The molecule has 170 valence electrons. The molecule has 1 aromatic heterocycles. The number of aryl methyl sites for hydroxylation is 2. The van der Waals surface area contributed by atoms with E-state index in [0.717, 1.165) is 17.2 Å². The van der Waals surface area contributed by atoms with Gasteiger partial charge < -0.3 is 15.1 Å². The molecule has 0 spiro atoms. The van der Waals surface area contributed by atoms with Crippen LogP contribution in [0.4, 0.5) is 10.2 Å². The lowest BCUT2D eigenvalue weighted by molar-refractivity contribution is -0.139. The number of nitrogens with zero attached hydrogens (tertiary/aromatic N) is 5. The molecule has 1 atom stereocenters. The Morgan fingerprint density at radius 2 is 1.91 bits per heavy atom. The highest BCUT2D eigenvalue weighted by atomic mass is 19.1. The summed E-state index contributed by atoms with van der Waals surface area (Å²) in [7, 11) is 0. The first-order valence-corrected chi connectivity index (χ1v) is 11.0. The van der Waals surface area contributed by atoms with Crippen LogP contribution in [0.3, 0.4) is 0 Å². The van der Waals surface area contributed by atoms with Gasteiger partial charge in [-0.3, -0.25) is 19.5 Å². The van der Waals surface area contributed by atoms with Gasteiger partial charge >= 0.3 is 0 Å². The molecular weight excluding hydrogens is 411 g/mol. The highest BCUT2D eigenvalue weighted by molar-refractivity contribution is 5.89. The molecule has 0 saturated carbocycles. The maximum atomic E-state index is 14.1. The topological polar surface area (TPSA) is 81.7 Å². The van der Waals surface area contributed by atoms with Crippen molar-refractivity contribution in [1.29, 1.82) is 0 Å². The van der Waals surface area contributed by atoms with Crippen molar-refractivity contribution in [2.45, 2.75) is 32.9 Å². The Hall–Kier alpha value is -3.07. The number of carbonyl (C=O) groups is 2. The van der Waals surface area contributed by atoms with Crippen molar-refractivity contribution in [1.82, 2.24) is 25.1 Å². The number of rotatable bonds is 5. The van der Waals surface area contributed by atoms with Crippen LogP contribution in [0.2, 0.25) is 0 Å². The molecule has 4 rings (SSSR count). The lowest BCUT2D eigenvalue weighted by atomic mass is 10.1. The molecule has 0 unspecified atom stereocenters. The summed E-state index contributed by atoms with van der Waals surface area (Å²) in [6.45, 7) is 7.69. The van der Waals surface area contributed by atoms with Gasteiger partial charge in [-0.25, -0.2) is 9.37 Å². The van der Waals surface area contributed by atoms with E-state index in [9.17, 15) is 14.0 Å². The van der Waals surface area contributed by atoms with Crippen LogP contribution in [0.25, 0.3) is 0 Å². The molecule has 2 aliphatic rings. The Morgan fingerprint density at radius 1 is 1.16 bits per heavy atom. The van der Waals surface area contributed by atoms with Crippen LogP contribution in [0, 0.1) is 19.7 Å². The zero-order valence-electron chi connectivity index (χ0n) is 18.6. The third-order valence-corrected chi connectivity index (χ3v) is 6.12. The van der Waals surface area contributed by atoms with Crippen LogP contribution in [-0.2, 0) is 16.1 Å². The number of hydrogen-bond acceptors (Lipinski definition) is 6. The van der Waals surface area contributed by atoms with Crippen molar-refractivity contribution in [2.75, 3.05) is 44.2 Å². The number of piperazine rings is 2. The van der Waals surface area contributed by atoms with E-state index in [1.165, 1.54) is 6.07 Å². The SMILES string of the molecule is Cc1cnc(C)c(N2CCN(C(=O)C[C@H]3C(=O)NCCN3Cc3ccccc3F)CC2)n1. The minimum Gasteiger partial charge on any atom is -0.353 e. The molecule has 32 heavy (non-hydrogen) atoms. The molecule has 8 nitrogen and oxygen atoms in total. The second-order valence-corrected chi connectivity index (χ2v) is 8.36. The fourth-order valence-corrected chi connectivity index (χ4v) is 4.31. The fourth-order valence-electron chi connectivity index (χ4n) is 4.31. The number of amides is 2. The van der Waals surface area contributed by atoms with Gasteiger partial charge in [0.25, 0.3) is 0 Å². The van der Waals surface area contributed by atoms with Crippen molar-refractivity contribution in [3.05, 3.63) is 53.2 Å². The minimum atomic E-state index is -0.598. The number of nitrogens with one attached hydrogen (secondary N) is 1. The summed E-state index contributed by atoms with van der Waals surface area (Å²) in [6.07, 6.45) is 1.84. The summed E-state index contributed by atoms with van der Waals surface area (Å²) in [4.78, 5) is 40.4. The molecule has 2 aromatic rings. The van der Waals surface area contributed by atoms with Gasteiger partial charge in [0.15, 0.2) is 0 Å². The number of carbonyl (C=O) groups excluding carboxylic acids is 2. The van der Waals surface area contributed by atoms with Gasteiger partial charge in [-0.2, -0.15) is 0 Å². The van der Waals surface area contributed by atoms with Crippen LogP contribution >= 0.6 is 0 Å². The highest BCUT2D eigenvalue weighted by Crippen LogP contribution is 2.20. The van der Waals surface area contributed by atoms with E-state index >= 15 is 0 Å². The Labute approximate surface area is 187 Å². The summed E-state index contributed by atoms with van der Waals surface area (Å²) in [5.74, 6) is 0.330. The van der Waals surface area contributed by atoms with Crippen molar-refractivity contribution >= 4 is 17.6 Å². The maximum absolute atomic E-state index is 14.1. The predicted octanol–water partition coefficient (Wildman–Crippen LogP) is 1.27. The predicted molar refractivity (Wildman–Crippen MR) is 119 cm³/mol. The summed E-state index contributed by atoms with van der Waals surface area (Å²) >= 11 is 0. The Morgan fingerprint density at radius 3 is 2.66 bits per heavy atom. The summed E-state index contributed by atoms with van der Waals surface area (Å²) in [6, 6.07) is 5.96. The van der Waals surface area contributed by atoms with Gasteiger partial charge in [-0.15, -0.1) is 0 Å². The molecule has 1 aromatic carbocycles. The normalized spacial score (nSPS) is 19.7.